The molecule has 2 heterocycles. The summed E-state index contributed by atoms with van der Waals surface area (Å²) in [7, 11) is 2.63. The number of esters is 2. The number of aliphatic imine (C=N–C) groups is 1. The number of nitrogen functional groups attached to an aromatic ring is 1. The van der Waals surface area contributed by atoms with Gasteiger partial charge in [-0.2, -0.15) is 0 Å². The fraction of sp³-hybridized carbons (Fsp3) is 0.138. The zero-order chi connectivity index (χ0) is 26.8. The Balaban J connectivity index is 0.000000266. The minimum atomic E-state index is -0.507. The predicted molar refractivity (Wildman–Crippen MR) is 143 cm³/mol. The van der Waals surface area contributed by atoms with Gasteiger partial charge in [0.1, 0.15) is 0 Å². The van der Waals surface area contributed by atoms with Crippen LogP contribution in [0.25, 0.3) is 0 Å². The largest absolute Gasteiger partial charge is 0.464 e. The lowest BCUT2D eigenvalue weighted by Gasteiger charge is -2.10. The highest BCUT2D eigenvalue weighted by molar-refractivity contribution is 6.14. The number of nitrogens with two attached hydrogens (primary N) is 1. The van der Waals surface area contributed by atoms with Crippen molar-refractivity contribution in [1.82, 2.24) is 9.97 Å². The van der Waals surface area contributed by atoms with Crippen molar-refractivity contribution >= 4 is 29.0 Å². The van der Waals surface area contributed by atoms with Crippen molar-refractivity contribution < 1.29 is 19.1 Å². The van der Waals surface area contributed by atoms with E-state index in [-0.39, 0.29) is 11.4 Å². The van der Waals surface area contributed by atoms with Crippen LogP contribution in [-0.4, -0.2) is 41.8 Å². The number of ether oxygens (including phenoxy) is 2. The van der Waals surface area contributed by atoms with Crippen LogP contribution in [0.5, 0.6) is 0 Å². The van der Waals surface area contributed by atoms with Crippen molar-refractivity contribution in [3.8, 4) is 0 Å². The molecule has 0 unspecified atom stereocenters. The summed E-state index contributed by atoms with van der Waals surface area (Å²) in [5.74, 6) is -1.01. The van der Waals surface area contributed by atoms with Gasteiger partial charge >= 0.3 is 11.9 Å². The van der Waals surface area contributed by atoms with Crippen LogP contribution >= 0.6 is 0 Å². The first-order chi connectivity index (χ1) is 17.8. The molecule has 2 aromatic carbocycles. The van der Waals surface area contributed by atoms with E-state index in [4.69, 9.17) is 15.5 Å². The second kappa shape index (κ2) is 12.7. The van der Waals surface area contributed by atoms with E-state index in [0.29, 0.717) is 11.4 Å². The summed E-state index contributed by atoms with van der Waals surface area (Å²) in [5.41, 5.74) is 11.3. The summed E-state index contributed by atoms with van der Waals surface area (Å²) < 4.78 is 9.31. The van der Waals surface area contributed by atoms with Crippen LogP contribution < -0.4 is 5.73 Å². The molecule has 2 aromatic heterocycles. The van der Waals surface area contributed by atoms with Crippen molar-refractivity contribution in [2.75, 3.05) is 20.0 Å². The van der Waals surface area contributed by atoms with Gasteiger partial charge in [-0.25, -0.2) is 24.5 Å². The predicted octanol–water partition coefficient (Wildman–Crippen LogP) is 5.10. The summed E-state index contributed by atoms with van der Waals surface area (Å²) in [6, 6.07) is 23.3. The maximum atomic E-state index is 12.0. The highest BCUT2D eigenvalue weighted by Gasteiger charge is 2.16. The molecule has 0 fully saturated rings. The molecule has 188 valence electrons. The Morgan fingerprint density at radius 2 is 1.19 bits per heavy atom. The Kier molecular flexibility index (Phi) is 9.21. The van der Waals surface area contributed by atoms with E-state index >= 15 is 0 Å². The molecule has 0 spiro atoms. The van der Waals surface area contributed by atoms with E-state index in [1.54, 1.807) is 18.5 Å². The normalized spacial score (nSPS) is 9.95. The number of benzene rings is 2. The SMILES string of the molecule is COC(=O)c1ncc(C)cc1N.COC(=O)c1ncc(C)cc1N=C(c1ccccc1)c1ccccc1. The third kappa shape index (κ3) is 7.08. The number of rotatable bonds is 5. The zero-order valence-electron chi connectivity index (χ0n) is 21.1. The van der Waals surface area contributed by atoms with Gasteiger partial charge < -0.3 is 15.2 Å². The molecule has 0 atom stereocenters. The molecule has 0 aliphatic carbocycles. The lowest BCUT2D eigenvalue weighted by atomic mass is 10.0. The van der Waals surface area contributed by atoms with E-state index in [1.807, 2.05) is 80.6 Å². The summed E-state index contributed by atoms with van der Waals surface area (Å²) in [5, 5.41) is 0. The Bertz CT molecular complexity index is 1360. The van der Waals surface area contributed by atoms with Crippen molar-refractivity contribution in [3.05, 3.63) is 119 Å². The molecule has 2 N–H and O–H groups in total. The number of carbonyl (C=O) groups excluding carboxylic acids is 2. The number of hydrogen-bond donors (Lipinski definition) is 1. The minimum Gasteiger partial charge on any atom is -0.464 e. The first kappa shape index (κ1) is 26.7. The molecule has 0 bridgehead atoms. The van der Waals surface area contributed by atoms with Gasteiger partial charge in [0.25, 0.3) is 0 Å². The Labute approximate surface area is 215 Å². The van der Waals surface area contributed by atoms with E-state index in [9.17, 15) is 9.59 Å². The minimum absolute atomic E-state index is 0.170. The van der Waals surface area contributed by atoms with Gasteiger partial charge in [-0.1, -0.05) is 60.7 Å². The van der Waals surface area contributed by atoms with E-state index < -0.39 is 11.9 Å². The molecular formula is C29H28N4O4. The number of pyridine rings is 2. The van der Waals surface area contributed by atoms with E-state index in [2.05, 4.69) is 14.7 Å². The number of nitrogens with zero attached hydrogens (tertiary/aromatic N) is 3. The summed E-state index contributed by atoms with van der Waals surface area (Å²) >= 11 is 0. The van der Waals surface area contributed by atoms with Crippen LogP contribution in [0.3, 0.4) is 0 Å². The van der Waals surface area contributed by atoms with Crippen molar-refractivity contribution in [3.63, 3.8) is 0 Å². The maximum absolute atomic E-state index is 12.0. The molecule has 4 rings (SSSR count). The Hall–Kier alpha value is -4.85. The second-order valence-corrected chi connectivity index (χ2v) is 8.01. The number of anilines is 1. The zero-order valence-corrected chi connectivity index (χ0v) is 21.1. The average molecular weight is 497 g/mol. The van der Waals surface area contributed by atoms with Crippen LogP contribution in [-0.2, 0) is 9.47 Å². The summed E-state index contributed by atoms with van der Waals surface area (Å²) in [6.45, 7) is 3.77. The molecule has 0 saturated heterocycles. The van der Waals surface area contributed by atoms with Crippen LogP contribution in [0.4, 0.5) is 11.4 Å². The molecule has 0 amide bonds. The summed E-state index contributed by atoms with van der Waals surface area (Å²) in [4.78, 5) is 35.9. The molecule has 0 aliphatic heterocycles. The molecule has 8 nitrogen and oxygen atoms in total. The highest BCUT2D eigenvalue weighted by atomic mass is 16.5. The quantitative estimate of drug-likeness (QED) is 0.302. The molecule has 8 heteroatoms. The third-order valence-corrected chi connectivity index (χ3v) is 5.14. The first-order valence-corrected chi connectivity index (χ1v) is 11.4. The molecule has 0 radical (unpaired) electrons. The average Bonchev–Trinajstić information content (AvgIpc) is 2.92. The van der Waals surface area contributed by atoms with E-state index in [0.717, 1.165) is 28.0 Å². The van der Waals surface area contributed by atoms with Crippen LogP contribution in [0, 0.1) is 13.8 Å². The number of aryl methyl sites for hydroxylation is 2. The fourth-order valence-electron chi connectivity index (χ4n) is 3.36. The highest BCUT2D eigenvalue weighted by Crippen LogP contribution is 2.23. The van der Waals surface area contributed by atoms with Gasteiger partial charge in [-0.15, -0.1) is 0 Å². The number of hydrogen-bond acceptors (Lipinski definition) is 8. The van der Waals surface area contributed by atoms with Gasteiger partial charge in [-0.05, 0) is 37.1 Å². The van der Waals surface area contributed by atoms with Crippen LogP contribution in [0.2, 0.25) is 0 Å². The molecule has 4 aromatic rings. The topological polar surface area (TPSA) is 117 Å². The van der Waals surface area contributed by atoms with Gasteiger partial charge in [-0.3, -0.25) is 0 Å². The monoisotopic (exact) mass is 496 g/mol. The third-order valence-electron chi connectivity index (χ3n) is 5.14. The first-order valence-electron chi connectivity index (χ1n) is 11.4. The smallest absolute Gasteiger partial charge is 0.358 e. The Morgan fingerprint density at radius 1 is 0.730 bits per heavy atom. The lowest BCUT2D eigenvalue weighted by molar-refractivity contribution is 0.0586. The summed E-state index contributed by atoms with van der Waals surface area (Å²) in [6.07, 6.45) is 3.21. The lowest BCUT2D eigenvalue weighted by Crippen LogP contribution is -2.08. The molecule has 0 aliphatic rings. The fourth-order valence-corrected chi connectivity index (χ4v) is 3.36. The number of carbonyl (C=O) groups is 2. The Morgan fingerprint density at radius 3 is 1.68 bits per heavy atom. The number of aromatic nitrogens is 2. The van der Waals surface area contributed by atoms with Gasteiger partial charge in [0.05, 0.1) is 31.3 Å². The number of methoxy groups -OCH3 is 2. The molecule has 37 heavy (non-hydrogen) atoms. The standard InChI is InChI=1S/C21H18N2O2.C8H10N2O2/c1-15-13-18(20(22-14-15)21(24)25-2)23-19(16-9-5-3-6-10-16)17-11-7-4-8-12-17;1-5-3-6(9)7(10-4-5)8(11)12-2/h3-14H,1-2H3;3-4H,9H2,1-2H3. The van der Waals surface area contributed by atoms with Crippen molar-refractivity contribution in [2.24, 2.45) is 4.99 Å². The van der Waals surface area contributed by atoms with Gasteiger partial charge in [0.2, 0.25) is 0 Å². The van der Waals surface area contributed by atoms with Gasteiger partial charge in [0.15, 0.2) is 11.4 Å². The maximum Gasteiger partial charge on any atom is 0.358 e. The van der Waals surface area contributed by atoms with Crippen LogP contribution in [0.15, 0.2) is 90.2 Å². The molecular weight excluding hydrogens is 468 g/mol. The van der Waals surface area contributed by atoms with Gasteiger partial charge in [0, 0.05) is 23.5 Å². The molecule has 0 saturated carbocycles. The van der Waals surface area contributed by atoms with E-state index in [1.165, 1.54) is 14.2 Å². The second-order valence-electron chi connectivity index (χ2n) is 8.01. The van der Waals surface area contributed by atoms with Crippen LogP contribution in [0.1, 0.15) is 43.2 Å². The van der Waals surface area contributed by atoms with Crippen molar-refractivity contribution in [1.29, 1.82) is 0 Å². The van der Waals surface area contributed by atoms with Crippen molar-refractivity contribution in [2.45, 2.75) is 13.8 Å².